The van der Waals surface area contributed by atoms with E-state index in [9.17, 15) is 9.59 Å². The number of Topliss-reactive ketones (excluding diaryl/α,β-unsaturated/α-hetero) is 1. The predicted molar refractivity (Wildman–Crippen MR) is 98.5 cm³/mol. The van der Waals surface area contributed by atoms with Gasteiger partial charge in [-0.05, 0) is 11.6 Å². The van der Waals surface area contributed by atoms with E-state index in [1.807, 2.05) is 54.6 Å². The van der Waals surface area contributed by atoms with Crippen LogP contribution in [0.3, 0.4) is 0 Å². The van der Waals surface area contributed by atoms with Crippen LogP contribution in [0.25, 0.3) is 10.9 Å². The monoisotopic (exact) mass is 335 g/mol. The number of para-hydroxylation sites is 1. The van der Waals surface area contributed by atoms with Gasteiger partial charge in [0.25, 0.3) is 0 Å². The molecule has 5 heteroatoms. The van der Waals surface area contributed by atoms with Crippen LogP contribution in [0.1, 0.15) is 28.9 Å². The summed E-state index contributed by atoms with van der Waals surface area (Å²) >= 11 is 0. The molecule has 0 bridgehead atoms. The molecule has 3 N–H and O–H groups in total. The summed E-state index contributed by atoms with van der Waals surface area (Å²) in [6.45, 7) is 2.46. The summed E-state index contributed by atoms with van der Waals surface area (Å²) in [4.78, 5) is 27.3. The molecule has 0 radical (unpaired) electrons. The molecule has 1 heterocycles. The summed E-state index contributed by atoms with van der Waals surface area (Å²) in [5, 5.41) is 6.92. The molecule has 2 aromatic carbocycles. The minimum Gasteiger partial charge on any atom is -0.360 e. The van der Waals surface area contributed by atoms with Crippen molar-refractivity contribution >= 4 is 22.6 Å². The highest BCUT2D eigenvalue weighted by Crippen LogP contribution is 2.24. The number of hydrogen-bond donors (Lipinski definition) is 3. The zero-order chi connectivity index (χ0) is 17.6. The number of benzene rings is 2. The van der Waals surface area contributed by atoms with E-state index < -0.39 is 6.04 Å². The number of amides is 1. The fourth-order valence-corrected chi connectivity index (χ4v) is 2.89. The highest BCUT2D eigenvalue weighted by Gasteiger charge is 2.23. The fraction of sp³-hybridized carbons (Fsp3) is 0.200. The molecule has 0 spiro atoms. The largest absolute Gasteiger partial charge is 0.360 e. The maximum absolute atomic E-state index is 13.2. The van der Waals surface area contributed by atoms with Crippen molar-refractivity contribution in [1.82, 2.24) is 15.6 Å². The van der Waals surface area contributed by atoms with Gasteiger partial charge in [0.05, 0.1) is 6.04 Å². The standard InChI is InChI=1S/C20H21N3O2/c1-14(24)21-11-12-22-19(15-7-3-2-4-8-15)20(25)17-13-23-18-10-6-5-9-16(17)18/h2-10,13,19,22-23H,11-12H2,1H3,(H,21,24)/t19-/m0/s1. The third-order valence-corrected chi connectivity index (χ3v) is 4.10. The van der Waals surface area contributed by atoms with Crippen LogP contribution in [-0.4, -0.2) is 29.8 Å². The van der Waals surface area contributed by atoms with Crippen LogP contribution < -0.4 is 10.6 Å². The Balaban J connectivity index is 1.85. The Morgan fingerprint density at radius 3 is 2.48 bits per heavy atom. The van der Waals surface area contributed by atoms with Crippen LogP contribution in [0.5, 0.6) is 0 Å². The molecule has 0 aliphatic carbocycles. The van der Waals surface area contributed by atoms with Gasteiger partial charge in [-0.2, -0.15) is 0 Å². The quantitative estimate of drug-likeness (QED) is 0.459. The molecule has 1 atom stereocenters. The van der Waals surface area contributed by atoms with Gasteiger partial charge >= 0.3 is 0 Å². The van der Waals surface area contributed by atoms with Crippen molar-refractivity contribution in [3.8, 4) is 0 Å². The third-order valence-electron chi connectivity index (χ3n) is 4.10. The Morgan fingerprint density at radius 2 is 1.72 bits per heavy atom. The van der Waals surface area contributed by atoms with Crippen LogP contribution in [0.4, 0.5) is 0 Å². The molecule has 0 saturated carbocycles. The summed E-state index contributed by atoms with van der Waals surface area (Å²) < 4.78 is 0. The number of fused-ring (bicyclic) bond motifs is 1. The van der Waals surface area contributed by atoms with E-state index in [2.05, 4.69) is 15.6 Å². The number of carbonyl (C=O) groups is 2. The Bertz CT molecular complexity index is 871. The molecule has 3 aromatic rings. The molecule has 0 aliphatic heterocycles. The molecule has 0 unspecified atom stereocenters. The van der Waals surface area contributed by atoms with E-state index in [0.29, 0.717) is 18.7 Å². The average molecular weight is 335 g/mol. The molecule has 0 aliphatic rings. The summed E-state index contributed by atoms with van der Waals surface area (Å²) in [5.74, 6) is -0.0764. The first-order valence-corrected chi connectivity index (χ1v) is 8.30. The number of nitrogens with one attached hydrogen (secondary N) is 3. The lowest BCUT2D eigenvalue weighted by atomic mass is 9.97. The lowest BCUT2D eigenvalue weighted by molar-refractivity contribution is -0.118. The minimum absolute atomic E-state index is 0.00600. The molecule has 5 nitrogen and oxygen atoms in total. The molecule has 1 aromatic heterocycles. The molecule has 25 heavy (non-hydrogen) atoms. The van der Waals surface area contributed by atoms with E-state index in [-0.39, 0.29) is 11.7 Å². The Hall–Kier alpha value is -2.92. The van der Waals surface area contributed by atoms with Gasteiger partial charge in [0.15, 0.2) is 5.78 Å². The van der Waals surface area contributed by atoms with Gasteiger partial charge < -0.3 is 15.6 Å². The van der Waals surface area contributed by atoms with Crippen molar-refractivity contribution in [2.75, 3.05) is 13.1 Å². The zero-order valence-electron chi connectivity index (χ0n) is 14.1. The first-order valence-electron chi connectivity index (χ1n) is 8.30. The van der Waals surface area contributed by atoms with Crippen molar-refractivity contribution in [2.24, 2.45) is 0 Å². The second-order valence-corrected chi connectivity index (χ2v) is 5.89. The second-order valence-electron chi connectivity index (χ2n) is 5.89. The number of aromatic amines is 1. The van der Waals surface area contributed by atoms with Crippen LogP contribution in [0.2, 0.25) is 0 Å². The van der Waals surface area contributed by atoms with Gasteiger partial charge in [-0.25, -0.2) is 0 Å². The number of rotatable bonds is 7. The summed E-state index contributed by atoms with van der Waals surface area (Å²) in [6.07, 6.45) is 1.76. The highest BCUT2D eigenvalue weighted by molar-refractivity contribution is 6.10. The van der Waals surface area contributed by atoms with E-state index >= 15 is 0 Å². The van der Waals surface area contributed by atoms with Gasteiger partial charge in [0.1, 0.15) is 0 Å². The Kier molecular flexibility index (Phi) is 5.26. The van der Waals surface area contributed by atoms with Crippen LogP contribution in [-0.2, 0) is 4.79 Å². The molecule has 1 amide bonds. The van der Waals surface area contributed by atoms with Gasteiger partial charge in [0, 0.05) is 42.7 Å². The first kappa shape index (κ1) is 16.9. The molecule has 0 saturated heterocycles. The van der Waals surface area contributed by atoms with Crippen molar-refractivity contribution in [3.63, 3.8) is 0 Å². The Morgan fingerprint density at radius 1 is 1.00 bits per heavy atom. The van der Waals surface area contributed by atoms with Gasteiger partial charge in [-0.1, -0.05) is 48.5 Å². The van der Waals surface area contributed by atoms with Gasteiger partial charge in [-0.3, -0.25) is 9.59 Å². The fourth-order valence-electron chi connectivity index (χ4n) is 2.89. The van der Waals surface area contributed by atoms with Crippen LogP contribution in [0, 0.1) is 0 Å². The highest BCUT2D eigenvalue weighted by atomic mass is 16.1. The SMILES string of the molecule is CC(=O)NCCN[C@H](C(=O)c1c[nH]c2ccccc12)c1ccccc1. The van der Waals surface area contributed by atoms with E-state index in [0.717, 1.165) is 16.5 Å². The van der Waals surface area contributed by atoms with Crippen molar-refractivity contribution in [2.45, 2.75) is 13.0 Å². The summed E-state index contributed by atoms with van der Waals surface area (Å²) in [7, 11) is 0. The Labute approximate surface area is 146 Å². The average Bonchev–Trinajstić information content (AvgIpc) is 3.06. The van der Waals surface area contributed by atoms with Gasteiger partial charge in [-0.15, -0.1) is 0 Å². The third kappa shape index (κ3) is 3.95. The number of H-pyrrole nitrogens is 1. The predicted octanol–water partition coefficient (Wildman–Crippen LogP) is 2.82. The van der Waals surface area contributed by atoms with Crippen LogP contribution >= 0.6 is 0 Å². The summed E-state index contributed by atoms with van der Waals surface area (Å²) in [5.41, 5.74) is 2.51. The van der Waals surface area contributed by atoms with E-state index in [1.54, 1.807) is 6.20 Å². The normalized spacial score (nSPS) is 12.0. The summed E-state index contributed by atoms with van der Waals surface area (Å²) in [6, 6.07) is 16.9. The smallest absolute Gasteiger partial charge is 0.216 e. The first-order chi connectivity index (χ1) is 12.2. The zero-order valence-corrected chi connectivity index (χ0v) is 14.1. The number of aromatic nitrogens is 1. The van der Waals surface area contributed by atoms with Crippen molar-refractivity contribution < 1.29 is 9.59 Å². The maximum Gasteiger partial charge on any atom is 0.216 e. The van der Waals surface area contributed by atoms with E-state index in [4.69, 9.17) is 0 Å². The topological polar surface area (TPSA) is 74.0 Å². The maximum atomic E-state index is 13.2. The lowest BCUT2D eigenvalue weighted by Gasteiger charge is -2.18. The van der Waals surface area contributed by atoms with Gasteiger partial charge in [0.2, 0.25) is 5.91 Å². The van der Waals surface area contributed by atoms with E-state index in [1.165, 1.54) is 6.92 Å². The minimum atomic E-state index is -0.464. The number of hydrogen-bond acceptors (Lipinski definition) is 3. The lowest BCUT2D eigenvalue weighted by Crippen LogP contribution is -2.35. The molecule has 0 fully saturated rings. The van der Waals surface area contributed by atoms with Crippen LogP contribution in [0.15, 0.2) is 60.8 Å². The van der Waals surface area contributed by atoms with Crippen molar-refractivity contribution in [3.05, 3.63) is 71.9 Å². The molecular weight excluding hydrogens is 314 g/mol. The molecule has 128 valence electrons. The number of carbonyl (C=O) groups excluding carboxylic acids is 2. The second kappa shape index (κ2) is 7.77. The number of ketones is 1. The van der Waals surface area contributed by atoms with Crippen molar-refractivity contribution in [1.29, 1.82) is 0 Å². The molecule has 3 rings (SSSR count). The molecular formula is C20H21N3O2.